The van der Waals surface area contributed by atoms with Crippen molar-refractivity contribution in [3.63, 3.8) is 0 Å². The van der Waals surface area contributed by atoms with E-state index in [1.807, 2.05) is 6.92 Å². The van der Waals surface area contributed by atoms with E-state index >= 15 is 0 Å². The number of nitrogens with one attached hydrogen (secondary N) is 1. The number of hydrogen-bond donors (Lipinski definition) is 1. The van der Waals surface area contributed by atoms with Gasteiger partial charge in [-0.1, -0.05) is 0 Å². The first-order valence-electron chi connectivity index (χ1n) is 6.84. The van der Waals surface area contributed by atoms with Crippen LogP contribution in [0.3, 0.4) is 0 Å². The van der Waals surface area contributed by atoms with Crippen LogP contribution in [0.15, 0.2) is 29.2 Å². The Morgan fingerprint density at radius 2 is 2.00 bits per heavy atom. The molecule has 2 rings (SSSR count). The molecule has 5 nitrogen and oxygen atoms in total. The molecule has 0 aliphatic carbocycles. The van der Waals surface area contributed by atoms with Crippen molar-refractivity contribution in [2.75, 3.05) is 19.6 Å². The zero-order valence-electron chi connectivity index (χ0n) is 12.0. The van der Waals surface area contributed by atoms with Crippen LogP contribution in [0.4, 0.5) is 4.39 Å². The predicted molar refractivity (Wildman–Crippen MR) is 77.1 cm³/mol. The van der Waals surface area contributed by atoms with Crippen LogP contribution in [0, 0.1) is 5.82 Å². The topological polar surface area (TPSA) is 66.5 Å². The van der Waals surface area contributed by atoms with Gasteiger partial charge in [0.25, 0.3) is 0 Å². The van der Waals surface area contributed by atoms with Crippen LogP contribution in [0.2, 0.25) is 0 Å². The van der Waals surface area contributed by atoms with Gasteiger partial charge in [0, 0.05) is 25.7 Å². The van der Waals surface area contributed by atoms with Gasteiger partial charge in [0.1, 0.15) is 11.1 Å². The second-order valence-corrected chi connectivity index (χ2v) is 7.55. The van der Waals surface area contributed by atoms with E-state index in [1.165, 1.54) is 19.1 Å². The minimum absolute atomic E-state index is 0.0343. The second-order valence-electron chi connectivity index (χ2n) is 5.28. The Hall–Kier alpha value is -1.47. The van der Waals surface area contributed by atoms with E-state index < -0.39 is 26.8 Å². The van der Waals surface area contributed by atoms with Crippen LogP contribution in [0.25, 0.3) is 0 Å². The largest absolute Gasteiger partial charge is 0.339 e. The predicted octanol–water partition coefficient (Wildman–Crippen LogP) is 0.808. The third kappa shape index (κ3) is 3.41. The molecular weight excluding hydrogens is 295 g/mol. The van der Waals surface area contributed by atoms with Crippen LogP contribution in [0.1, 0.15) is 13.8 Å². The summed E-state index contributed by atoms with van der Waals surface area (Å²) in [4.78, 5) is 13.9. The van der Waals surface area contributed by atoms with E-state index in [-0.39, 0.29) is 10.9 Å². The molecule has 1 aliphatic rings. The van der Waals surface area contributed by atoms with Gasteiger partial charge < -0.3 is 10.2 Å². The van der Waals surface area contributed by atoms with Gasteiger partial charge in [-0.25, -0.2) is 12.8 Å². The molecule has 1 saturated heterocycles. The van der Waals surface area contributed by atoms with Crippen molar-refractivity contribution in [1.29, 1.82) is 0 Å². The lowest BCUT2D eigenvalue weighted by Crippen LogP contribution is -2.54. The number of nitrogens with zero attached hydrogens (tertiary/aromatic N) is 1. The molecule has 1 fully saturated rings. The highest BCUT2D eigenvalue weighted by Gasteiger charge is 2.34. The normalized spacial score (nSPS) is 21.1. The van der Waals surface area contributed by atoms with Crippen molar-refractivity contribution >= 4 is 15.7 Å². The van der Waals surface area contributed by atoms with Gasteiger partial charge in [-0.3, -0.25) is 4.79 Å². The van der Waals surface area contributed by atoms with Crippen LogP contribution < -0.4 is 5.32 Å². The maximum absolute atomic E-state index is 12.9. The molecule has 0 spiro atoms. The SMILES string of the molecule is C[C@@H]1CN(C(=O)[C@H](C)S(=O)(=O)c2ccc(F)cc2)CCN1. The molecule has 1 heterocycles. The van der Waals surface area contributed by atoms with Crippen molar-refractivity contribution in [3.8, 4) is 0 Å². The smallest absolute Gasteiger partial charge is 0.241 e. The molecule has 2 atom stereocenters. The van der Waals surface area contributed by atoms with E-state index in [4.69, 9.17) is 0 Å². The third-order valence-corrected chi connectivity index (χ3v) is 5.70. The number of amides is 1. The fraction of sp³-hybridized carbons (Fsp3) is 0.500. The number of piperazine rings is 1. The fourth-order valence-corrected chi connectivity index (χ4v) is 3.69. The van der Waals surface area contributed by atoms with E-state index in [1.54, 1.807) is 4.90 Å². The summed E-state index contributed by atoms with van der Waals surface area (Å²) in [5.41, 5.74) is 0. The summed E-state index contributed by atoms with van der Waals surface area (Å²) in [6.07, 6.45) is 0. The highest BCUT2D eigenvalue weighted by Crippen LogP contribution is 2.18. The van der Waals surface area contributed by atoms with Crippen molar-refractivity contribution in [1.82, 2.24) is 10.2 Å². The molecule has 1 aromatic rings. The van der Waals surface area contributed by atoms with E-state index in [0.717, 1.165) is 12.1 Å². The first kappa shape index (κ1) is 15.9. The lowest BCUT2D eigenvalue weighted by Gasteiger charge is -2.33. The summed E-state index contributed by atoms with van der Waals surface area (Å²) in [6.45, 7) is 4.96. The Bertz CT molecular complexity index is 616. The molecule has 1 aliphatic heterocycles. The molecule has 0 radical (unpaired) electrons. The first-order valence-corrected chi connectivity index (χ1v) is 8.38. The van der Waals surface area contributed by atoms with Crippen LogP contribution in [-0.4, -0.2) is 50.2 Å². The van der Waals surface area contributed by atoms with Crippen molar-refractivity contribution in [2.45, 2.75) is 30.0 Å². The number of carbonyl (C=O) groups is 1. The van der Waals surface area contributed by atoms with Gasteiger partial charge >= 0.3 is 0 Å². The van der Waals surface area contributed by atoms with Crippen molar-refractivity contribution < 1.29 is 17.6 Å². The molecule has 0 bridgehead atoms. The van der Waals surface area contributed by atoms with Crippen LogP contribution in [0.5, 0.6) is 0 Å². The molecule has 116 valence electrons. The van der Waals surface area contributed by atoms with Gasteiger partial charge in [-0.15, -0.1) is 0 Å². The average Bonchev–Trinajstić information content (AvgIpc) is 2.46. The molecule has 0 saturated carbocycles. The Morgan fingerprint density at radius 1 is 1.38 bits per heavy atom. The molecular formula is C14H19FN2O3S. The molecule has 1 aromatic carbocycles. The summed E-state index contributed by atoms with van der Waals surface area (Å²) < 4.78 is 37.7. The summed E-state index contributed by atoms with van der Waals surface area (Å²) in [7, 11) is -3.80. The summed E-state index contributed by atoms with van der Waals surface area (Å²) in [5, 5.41) is 2.02. The number of benzene rings is 1. The molecule has 1 N–H and O–H groups in total. The van der Waals surface area contributed by atoms with Gasteiger partial charge in [0.05, 0.1) is 4.90 Å². The third-order valence-electron chi connectivity index (χ3n) is 3.64. The monoisotopic (exact) mass is 314 g/mol. The lowest BCUT2D eigenvalue weighted by atomic mass is 10.2. The van der Waals surface area contributed by atoms with E-state index in [2.05, 4.69) is 5.32 Å². The second kappa shape index (κ2) is 6.11. The number of halogens is 1. The average molecular weight is 314 g/mol. The Morgan fingerprint density at radius 3 is 2.57 bits per heavy atom. The quantitative estimate of drug-likeness (QED) is 0.839. The van der Waals surface area contributed by atoms with Gasteiger partial charge in [0.2, 0.25) is 5.91 Å². The van der Waals surface area contributed by atoms with Gasteiger partial charge in [-0.2, -0.15) is 0 Å². The molecule has 7 heteroatoms. The number of hydrogen-bond acceptors (Lipinski definition) is 4. The minimum Gasteiger partial charge on any atom is -0.339 e. The van der Waals surface area contributed by atoms with Crippen molar-refractivity contribution in [3.05, 3.63) is 30.1 Å². The zero-order chi connectivity index (χ0) is 15.6. The van der Waals surface area contributed by atoms with Crippen LogP contribution >= 0.6 is 0 Å². The summed E-state index contributed by atoms with van der Waals surface area (Å²) in [6, 6.07) is 4.68. The van der Waals surface area contributed by atoms with E-state index in [0.29, 0.717) is 19.6 Å². The minimum atomic E-state index is -3.80. The Kier molecular flexibility index (Phi) is 4.63. The standard InChI is InChI=1S/C14H19FN2O3S/c1-10-9-17(8-7-16-10)14(18)11(2)21(19,20)13-5-3-12(15)4-6-13/h3-6,10-11,16H,7-9H2,1-2H3/t10-,11+/m1/s1. The maximum Gasteiger partial charge on any atom is 0.241 e. The number of sulfone groups is 1. The Labute approximate surface area is 124 Å². The highest BCUT2D eigenvalue weighted by molar-refractivity contribution is 7.92. The zero-order valence-corrected chi connectivity index (χ0v) is 12.9. The van der Waals surface area contributed by atoms with Crippen LogP contribution in [-0.2, 0) is 14.6 Å². The maximum atomic E-state index is 12.9. The highest BCUT2D eigenvalue weighted by atomic mass is 32.2. The summed E-state index contributed by atoms with van der Waals surface area (Å²) >= 11 is 0. The number of carbonyl (C=O) groups excluding carboxylic acids is 1. The molecule has 0 unspecified atom stereocenters. The number of rotatable bonds is 3. The molecule has 0 aromatic heterocycles. The Balaban J connectivity index is 2.19. The van der Waals surface area contributed by atoms with Gasteiger partial charge in [-0.05, 0) is 38.1 Å². The molecule has 21 heavy (non-hydrogen) atoms. The molecule has 1 amide bonds. The lowest BCUT2D eigenvalue weighted by molar-refractivity contribution is -0.131. The van der Waals surface area contributed by atoms with Crippen molar-refractivity contribution in [2.24, 2.45) is 0 Å². The fourth-order valence-electron chi connectivity index (χ4n) is 2.35. The van der Waals surface area contributed by atoms with Gasteiger partial charge in [0.15, 0.2) is 9.84 Å². The first-order chi connectivity index (χ1) is 9.82. The summed E-state index contributed by atoms with van der Waals surface area (Å²) in [5.74, 6) is -0.920. The van der Waals surface area contributed by atoms with E-state index in [9.17, 15) is 17.6 Å².